The quantitative estimate of drug-likeness (QED) is 0.799. The molecule has 15 heavy (non-hydrogen) atoms. The number of rotatable bonds is 3. The zero-order chi connectivity index (χ0) is 10.7. The average molecular weight is 211 g/mol. The molecule has 82 valence electrons. The Labute approximate surface area is 87.9 Å². The zero-order valence-electron chi connectivity index (χ0n) is 8.37. The molecule has 1 unspecified atom stereocenters. The Morgan fingerprint density at radius 2 is 2.40 bits per heavy atom. The van der Waals surface area contributed by atoms with Crippen LogP contribution in [-0.2, 0) is 0 Å². The number of hydrogen-bond donors (Lipinski definition) is 2. The lowest BCUT2D eigenvalue weighted by Crippen LogP contribution is -2.28. The second-order valence-electron chi connectivity index (χ2n) is 3.72. The van der Waals surface area contributed by atoms with Gasteiger partial charge >= 0.3 is 0 Å². The molecule has 0 aliphatic carbocycles. The summed E-state index contributed by atoms with van der Waals surface area (Å²) in [6.07, 6.45) is 2.21. The zero-order valence-corrected chi connectivity index (χ0v) is 8.37. The van der Waals surface area contributed by atoms with Gasteiger partial charge in [-0.3, -0.25) is 0 Å². The second-order valence-corrected chi connectivity index (χ2v) is 3.72. The molecule has 1 atom stereocenters. The highest BCUT2D eigenvalue weighted by atomic mass is 19.1. The first-order valence-electron chi connectivity index (χ1n) is 5.10. The minimum absolute atomic E-state index is 0.0844. The highest BCUT2D eigenvalue weighted by Gasteiger charge is 2.15. The van der Waals surface area contributed by atoms with E-state index in [1.54, 1.807) is 0 Å². The topological polar surface area (TPSA) is 41.5 Å². The SMILES string of the molecule is Oc1ccc(OCC2CCCN2)c(F)c1. The largest absolute Gasteiger partial charge is 0.508 e. The van der Waals surface area contributed by atoms with E-state index in [1.807, 2.05) is 0 Å². The van der Waals surface area contributed by atoms with Gasteiger partial charge in [0.2, 0.25) is 0 Å². The highest BCUT2D eigenvalue weighted by molar-refractivity contribution is 5.32. The molecule has 1 saturated heterocycles. The third kappa shape index (κ3) is 2.59. The van der Waals surface area contributed by atoms with Gasteiger partial charge in [0.05, 0.1) is 0 Å². The minimum Gasteiger partial charge on any atom is -0.508 e. The van der Waals surface area contributed by atoms with E-state index in [2.05, 4.69) is 5.32 Å². The van der Waals surface area contributed by atoms with Gasteiger partial charge in [-0.1, -0.05) is 0 Å². The van der Waals surface area contributed by atoms with E-state index in [4.69, 9.17) is 9.84 Å². The third-order valence-electron chi connectivity index (χ3n) is 2.52. The summed E-state index contributed by atoms with van der Waals surface area (Å²) < 4.78 is 18.5. The van der Waals surface area contributed by atoms with Crippen molar-refractivity contribution in [1.29, 1.82) is 0 Å². The van der Waals surface area contributed by atoms with Crippen LogP contribution in [0, 0.1) is 5.82 Å². The first-order chi connectivity index (χ1) is 7.25. The van der Waals surface area contributed by atoms with Crippen LogP contribution in [0.4, 0.5) is 4.39 Å². The van der Waals surface area contributed by atoms with Crippen LogP contribution < -0.4 is 10.1 Å². The molecule has 1 aliphatic rings. The van der Waals surface area contributed by atoms with Crippen molar-refractivity contribution in [3.63, 3.8) is 0 Å². The summed E-state index contributed by atoms with van der Waals surface area (Å²) in [6.45, 7) is 1.48. The van der Waals surface area contributed by atoms with Crippen molar-refractivity contribution in [2.24, 2.45) is 0 Å². The molecular weight excluding hydrogens is 197 g/mol. The van der Waals surface area contributed by atoms with Crippen molar-refractivity contribution >= 4 is 0 Å². The van der Waals surface area contributed by atoms with Gasteiger partial charge in [-0.05, 0) is 31.5 Å². The summed E-state index contributed by atoms with van der Waals surface area (Å²) in [5.41, 5.74) is 0. The molecule has 1 aromatic rings. The molecular formula is C11H14FNO2. The van der Waals surface area contributed by atoms with E-state index in [1.165, 1.54) is 12.1 Å². The van der Waals surface area contributed by atoms with Crippen molar-refractivity contribution in [2.45, 2.75) is 18.9 Å². The predicted molar refractivity (Wildman–Crippen MR) is 54.6 cm³/mol. The van der Waals surface area contributed by atoms with Gasteiger partial charge in [-0.15, -0.1) is 0 Å². The summed E-state index contributed by atoms with van der Waals surface area (Å²) >= 11 is 0. The number of hydrogen-bond acceptors (Lipinski definition) is 3. The molecule has 0 aromatic heterocycles. The molecule has 1 aromatic carbocycles. The number of halogens is 1. The lowest BCUT2D eigenvalue weighted by atomic mass is 10.2. The molecule has 1 aliphatic heterocycles. The molecule has 4 heteroatoms. The standard InChI is InChI=1S/C11H14FNO2/c12-10-6-9(14)3-4-11(10)15-7-8-2-1-5-13-8/h3-4,6,8,13-14H,1-2,5,7H2. The molecule has 2 rings (SSSR count). The van der Waals surface area contributed by atoms with Gasteiger partial charge in [0.15, 0.2) is 11.6 Å². The van der Waals surface area contributed by atoms with Crippen molar-refractivity contribution < 1.29 is 14.2 Å². The van der Waals surface area contributed by atoms with Gasteiger partial charge in [-0.25, -0.2) is 4.39 Å². The predicted octanol–water partition coefficient (Wildman–Crippen LogP) is 1.66. The first-order valence-corrected chi connectivity index (χ1v) is 5.10. The van der Waals surface area contributed by atoms with Crippen LogP contribution in [-0.4, -0.2) is 24.3 Å². The van der Waals surface area contributed by atoms with Gasteiger partial charge in [0.25, 0.3) is 0 Å². The van der Waals surface area contributed by atoms with Crippen LogP contribution in [0.2, 0.25) is 0 Å². The van der Waals surface area contributed by atoms with Crippen molar-refractivity contribution in [3.05, 3.63) is 24.0 Å². The van der Waals surface area contributed by atoms with Gasteiger partial charge in [-0.2, -0.15) is 0 Å². The van der Waals surface area contributed by atoms with Crippen LogP contribution in [0.3, 0.4) is 0 Å². The molecule has 0 amide bonds. The van der Waals surface area contributed by atoms with Crippen LogP contribution >= 0.6 is 0 Å². The lowest BCUT2D eigenvalue weighted by molar-refractivity contribution is 0.264. The van der Waals surface area contributed by atoms with E-state index in [0.29, 0.717) is 12.6 Å². The Hall–Kier alpha value is -1.29. The summed E-state index contributed by atoms with van der Waals surface area (Å²) in [6, 6.07) is 4.23. The maximum absolute atomic E-state index is 13.2. The van der Waals surface area contributed by atoms with Crippen molar-refractivity contribution in [1.82, 2.24) is 5.32 Å². The average Bonchev–Trinajstić information content (AvgIpc) is 2.69. The van der Waals surface area contributed by atoms with Crippen molar-refractivity contribution in [3.8, 4) is 11.5 Å². The maximum atomic E-state index is 13.2. The number of phenolic OH excluding ortho intramolecular Hbond substituents is 1. The molecule has 0 bridgehead atoms. The monoisotopic (exact) mass is 211 g/mol. The van der Waals surface area contributed by atoms with E-state index >= 15 is 0 Å². The van der Waals surface area contributed by atoms with Crippen LogP contribution in [0.15, 0.2) is 18.2 Å². The Bertz CT molecular complexity index is 337. The first kappa shape index (κ1) is 10.2. The Morgan fingerprint density at radius 1 is 1.53 bits per heavy atom. The van der Waals surface area contributed by atoms with E-state index in [-0.39, 0.29) is 11.5 Å². The van der Waals surface area contributed by atoms with Gasteiger partial charge in [0, 0.05) is 12.1 Å². The lowest BCUT2D eigenvalue weighted by Gasteiger charge is -2.12. The Balaban J connectivity index is 1.92. The number of aromatic hydroxyl groups is 1. The molecule has 1 heterocycles. The Kier molecular flexibility index (Phi) is 3.06. The van der Waals surface area contributed by atoms with E-state index in [0.717, 1.165) is 25.5 Å². The summed E-state index contributed by atoms with van der Waals surface area (Å²) in [5, 5.41) is 12.3. The van der Waals surface area contributed by atoms with Gasteiger partial charge in [0.1, 0.15) is 12.4 Å². The maximum Gasteiger partial charge on any atom is 0.168 e. The second kappa shape index (κ2) is 4.49. The summed E-state index contributed by atoms with van der Waals surface area (Å²) in [4.78, 5) is 0. The fourth-order valence-electron chi connectivity index (χ4n) is 1.70. The molecule has 1 fully saturated rings. The minimum atomic E-state index is -0.520. The third-order valence-corrected chi connectivity index (χ3v) is 2.52. The number of ether oxygens (including phenoxy) is 1. The molecule has 0 saturated carbocycles. The molecule has 0 spiro atoms. The number of nitrogens with one attached hydrogen (secondary N) is 1. The van der Waals surface area contributed by atoms with Crippen LogP contribution in [0.25, 0.3) is 0 Å². The fourth-order valence-corrected chi connectivity index (χ4v) is 1.70. The van der Waals surface area contributed by atoms with Crippen LogP contribution in [0.1, 0.15) is 12.8 Å². The van der Waals surface area contributed by atoms with Crippen LogP contribution in [0.5, 0.6) is 11.5 Å². The van der Waals surface area contributed by atoms with E-state index in [9.17, 15) is 4.39 Å². The Morgan fingerprint density at radius 3 is 3.07 bits per heavy atom. The smallest absolute Gasteiger partial charge is 0.168 e. The van der Waals surface area contributed by atoms with Crippen molar-refractivity contribution in [2.75, 3.05) is 13.2 Å². The highest BCUT2D eigenvalue weighted by Crippen LogP contribution is 2.22. The number of phenols is 1. The molecule has 0 radical (unpaired) electrons. The molecule has 2 N–H and O–H groups in total. The number of benzene rings is 1. The summed E-state index contributed by atoms with van der Waals surface area (Å²) in [7, 11) is 0. The van der Waals surface area contributed by atoms with Gasteiger partial charge < -0.3 is 15.2 Å². The van der Waals surface area contributed by atoms with E-state index < -0.39 is 5.82 Å². The molecule has 3 nitrogen and oxygen atoms in total. The summed E-state index contributed by atoms with van der Waals surface area (Å²) in [5.74, 6) is -0.409. The normalized spacial score (nSPS) is 20.5. The fraction of sp³-hybridized carbons (Fsp3) is 0.455.